The van der Waals surface area contributed by atoms with Crippen LogP contribution in [0.2, 0.25) is 0 Å². The molecule has 1 fully saturated rings. The fourth-order valence-electron chi connectivity index (χ4n) is 2.23. The maximum atomic E-state index is 10.3. The molecular weight excluding hydrogens is 296 g/mol. The SMILES string of the molecule is CCOC1CC(O)(CNc2ccnc(C)c2Br)C1. The van der Waals surface area contributed by atoms with Crippen LogP contribution in [0, 0.1) is 6.92 Å². The molecule has 1 aliphatic rings. The number of aryl methyl sites for hydroxylation is 1. The maximum absolute atomic E-state index is 10.3. The van der Waals surface area contributed by atoms with E-state index in [9.17, 15) is 5.11 Å². The molecular formula is C13H19BrN2O2. The highest BCUT2D eigenvalue weighted by Gasteiger charge is 2.43. The summed E-state index contributed by atoms with van der Waals surface area (Å²) in [6.45, 7) is 5.17. The van der Waals surface area contributed by atoms with E-state index in [1.807, 2.05) is 19.9 Å². The highest BCUT2D eigenvalue weighted by molar-refractivity contribution is 9.10. The minimum Gasteiger partial charge on any atom is -0.388 e. The molecule has 1 aliphatic carbocycles. The van der Waals surface area contributed by atoms with Gasteiger partial charge in [0.2, 0.25) is 0 Å². The molecule has 2 N–H and O–H groups in total. The summed E-state index contributed by atoms with van der Waals surface area (Å²) in [6.07, 6.45) is 3.38. The molecule has 0 aromatic carbocycles. The van der Waals surface area contributed by atoms with Crippen LogP contribution in [0.3, 0.4) is 0 Å². The third-order valence-corrected chi connectivity index (χ3v) is 4.29. The summed E-state index contributed by atoms with van der Waals surface area (Å²) >= 11 is 3.49. The number of pyridine rings is 1. The molecule has 0 spiro atoms. The number of aromatic nitrogens is 1. The van der Waals surface area contributed by atoms with Gasteiger partial charge in [-0.25, -0.2) is 0 Å². The quantitative estimate of drug-likeness (QED) is 0.876. The lowest BCUT2D eigenvalue weighted by Crippen LogP contribution is -2.52. The summed E-state index contributed by atoms with van der Waals surface area (Å²) in [6, 6.07) is 1.90. The lowest BCUT2D eigenvalue weighted by Gasteiger charge is -2.43. The van der Waals surface area contributed by atoms with Gasteiger partial charge in [0.1, 0.15) is 0 Å². The van der Waals surface area contributed by atoms with E-state index in [1.54, 1.807) is 6.20 Å². The van der Waals surface area contributed by atoms with Crippen molar-refractivity contribution in [1.82, 2.24) is 4.98 Å². The number of aliphatic hydroxyl groups is 1. The van der Waals surface area contributed by atoms with Crippen LogP contribution in [-0.2, 0) is 4.74 Å². The fraction of sp³-hybridized carbons (Fsp3) is 0.615. The van der Waals surface area contributed by atoms with Crippen LogP contribution in [0.1, 0.15) is 25.5 Å². The Morgan fingerprint density at radius 2 is 2.33 bits per heavy atom. The average Bonchev–Trinajstić information content (AvgIpc) is 2.29. The Morgan fingerprint density at radius 3 is 3.00 bits per heavy atom. The summed E-state index contributed by atoms with van der Waals surface area (Å²) in [4.78, 5) is 4.18. The minimum atomic E-state index is -0.642. The first-order chi connectivity index (χ1) is 8.54. The Labute approximate surface area is 116 Å². The van der Waals surface area contributed by atoms with Crippen LogP contribution in [-0.4, -0.2) is 34.9 Å². The molecule has 0 atom stereocenters. The highest BCUT2D eigenvalue weighted by Crippen LogP contribution is 2.35. The van der Waals surface area contributed by atoms with Gasteiger partial charge < -0.3 is 15.2 Å². The molecule has 0 aliphatic heterocycles. The number of rotatable bonds is 5. The Balaban J connectivity index is 1.87. The van der Waals surface area contributed by atoms with Crippen molar-refractivity contribution in [3.05, 3.63) is 22.4 Å². The number of halogens is 1. The van der Waals surface area contributed by atoms with Crippen LogP contribution in [0.5, 0.6) is 0 Å². The number of hydrogen-bond donors (Lipinski definition) is 2. The van der Waals surface area contributed by atoms with Crippen molar-refractivity contribution in [1.29, 1.82) is 0 Å². The first-order valence-corrected chi connectivity index (χ1v) is 7.02. The van der Waals surface area contributed by atoms with Crippen molar-refractivity contribution in [3.8, 4) is 0 Å². The lowest BCUT2D eigenvalue weighted by molar-refractivity contribution is -0.129. The fourth-order valence-corrected chi connectivity index (χ4v) is 2.61. The predicted octanol–water partition coefficient (Wildman–Crippen LogP) is 2.49. The normalized spacial score (nSPS) is 26.8. The first kappa shape index (κ1) is 13.8. The monoisotopic (exact) mass is 314 g/mol. The number of nitrogens with zero attached hydrogens (tertiary/aromatic N) is 1. The van der Waals surface area contributed by atoms with Crippen molar-refractivity contribution >= 4 is 21.6 Å². The van der Waals surface area contributed by atoms with Gasteiger partial charge in [-0.15, -0.1) is 0 Å². The van der Waals surface area contributed by atoms with Crippen molar-refractivity contribution < 1.29 is 9.84 Å². The van der Waals surface area contributed by atoms with E-state index in [4.69, 9.17) is 4.74 Å². The molecule has 1 heterocycles. The third-order valence-electron chi connectivity index (χ3n) is 3.29. The summed E-state index contributed by atoms with van der Waals surface area (Å²) < 4.78 is 6.41. The zero-order valence-electron chi connectivity index (χ0n) is 10.7. The molecule has 4 nitrogen and oxygen atoms in total. The summed E-state index contributed by atoms with van der Waals surface area (Å²) in [5.74, 6) is 0. The van der Waals surface area contributed by atoms with Crippen molar-refractivity contribution in [2.45, 2.75) is 38.4 Å². The minimum absolute atomic E-state index is 0.212. The molecule has 0 saturated heterocycles. The largest absolute Gasteiger partial charge is 0.388 e. The van der Waals surface area contributed by atoms with Crippen LogP contribution >= 0.6 is 15.9 Å². The molecule has 0 radical (unpaired) electrons. The number of anilines is 1. The van der Waals surface area contributed by atoms with Crippen molar-refractivity contribution in [3.63, 3.8) is 0 Å². The van der Waals surface area contributed by atoms with Gasteiger partial charge in [0.05, 0.1) is 27.6 Å². The van der Waals surface area contributed by atoms with Crippen LogP contribution in [0.15, 0.2) is 16.7 Å². The zero-order valence-corrected chi connectivity index (χ0v) is 12.3. The molecule has 1 aromatic heterocycles. The second kappa shape index (κ2) is 5.55. The summed E-state index contributed by atoms with van der Waals surface area (Å²) in [5.41, 5.74) is 1.26. The lowest BCUT2D eigenvalue weighted by atomic mass is 9.77. The third kappa shape index (κ3) is 3.02. The molecule has 0 bridgehead atoms. The zero-order chi connectivity index (χ0) is 13.2. The maximum Gasteiger partial charge on any atom is 0.0868 e. The number of hydrogen-bond acceptors (Lipinski definition) is 4. The topological polar surface area (TPSA) is 54.4 Å². The second-order valence-corrected chi connectivity index (χ2v) is 5.61. The average molecular weight is 315 g/mol. The van der Waals surface area contributed by atoms with Gasteiger partial charge in [0, 0.05) is 32.2 Å². The van der Waals surface area contributed by atoms with Crippen molar-refractivity contribution in [2.75, 3.05) is 18.5 Å². The standard InChI is InChI=1S/C13H19BrN2O2/c1-3-18-10-6-13(17,7-10)8-16-11-4-5-15-9(2)12(11)14/h4-5,10,17H,3,6-8H2,1-2H3,(H,15,16). The Kier molecular flexibility index (Phi) is 4.25. The Morgan fingerprint density at radius 1 is 1.61 bits per heavy atom. The van der Waals surface area contributed by atoms with Gasteiger partial charge in [-0.3, -0.25) is 4.98 Å². The van der Waals surface area contributed by atoms with Crippen molar-refractivity contribution in [2.24, 2.45) is 0 Å². The molecule has 18 heavy (non-hydrogen) atoms. The first-order valence-electron chi connectivity index (χ1n) is 6.23. The molecule has 2 rings (SSSR count). The summed E-state index contributed by atoms with van der Waals surface area (Å²) in [7, 11) is 0. The van der Waals surface area contributed by atoms with Gasteiger partial charge >= 0.3 is 0 Å². The molecule has 1 aromatic rings. The molecule has 100 valence electrons. The van der Waals surface area contributed by atoms with Crippen LogP contribution in [0.4, 0.5) is 5.69 Å². The van der Waals surface area contributed by atoms with Gasteiger partial charge in [-0.2, -0.15) is 0 Å². The van der Waals surface area contributed by atoms with E-state index in [0.717, 1.165) is 15.9 Å². The van der Waals surface area contributed by atoms with Crippen LogP contribution < -0.4 is 5.32 Å². The molecule has 5 heteroatoms. The smallest absolute Gasteiger partial charge is 0.0868 e. The van der Waals surface area contributed by atoms with E-state index < -0.39 is 5.60 Å². The highest BCUT2D eigenvalue weighted by atomic mass is 79.9. The van der Waals surface area contributed by atoms with E-state index >= 15 is 0 Å². The van der Waals surface area contributed by atoms with E-state index in [-0.39, 0.29) is 6.10 Å². The van der Waals surface area contributed by atoms with E-state index in [1.165, 1.54) is 0 Å². The number of nitrogens with one attached hydrogen (secondary N) is 1. The number of ether oxygens (including phenoxy) is 1. The van der Waals surface area contributed by atoms with Gasteiger partial charge in [-0.05, 0) is 35.8 Å². The molecule has 0 amide bonds. The van der Waals surface area contributed by atoms with E-state index in [2.05, 4.69) is 26.2 Å². The van der Waals surface area contributed by atoms with E-state index in [0.29, 0.717) is 26.0 Å². The summed E-state index contributed by atoms with van der Waals surface area (Å²) in [5, 5.41) is 13.5. The van der Waals surface area contributed by atoms with Gasteiger partial charge in [0.25, 0.3) is 0 Å². The Bertz CT molecular complexity index is 419. The van der Waals surface area contributed by atoms with Gasteiger partial charge in [-0.1, -0.05) is 0 Å². The van der Waals surface area contributed by atoms with Gasteiger partial charge in [0.15, 0.2) is 0 Å². The Hall–Kier alpha value is -0.650. The molecule has 1 saturated carbocycles. The predicted molar refractivity (Wildman–Crippen MR) is 74.8 cm³/mol. The molecule has 0 unspecified atom stereocenters. The van der Waals surface area contributed by atoms with Crippen LogP contribution in [0.25, 0.3) is 0 Å². The second-order valence-electron chi connectivity index (χ2n) is 4.82.